The van der Waals surface area contributed by atoms with E-state index < -0.39 is 0 Å². The molecule has 2 atom stereocenters. The Morgan fingerprint density at radius 3 is 1.69 bits per heavy atom. The Morgan fingerprint density at radius 1 is 0.731 bits per heavy atom. The number of hydrogen-bond donors (Lipinski definition) is 0. The van der Waals surface area contributed by atoms with Crippen LogP contribution >= 0.6 is 0 Å². The van der Waals surface area contributed by atoms with Crippen LogP contribution in [0.4, 0.5) is 0 Å². The number of unbranched alkanes of at least 4 members (excludes halogenated alkanes) is 1. The summed E-state index contributed by atoms with van der Waals surface area (Å²) in [5, 5.41) is 0. The number of likely N-dealkylation sites (tertiary alicyclic amines) is 1. The lowest BCUT2D eigenvalue weighted by Gasteiger charge is -2.17. The molecule has 1 fully saturated rings. The van der Waals surface area contributed by atoms with Gasteiger partial charge in [0, 0.05) is 13.1 Å². The summed E-state index contributed by atoms with van der Waals surface area (Å²) in [5.41, 5.74) is 0.887. The molecule has 4 rings (SSSR count). The van der Waals surface area contributed by atoms with Crippen molar-refractivity contribution in [2.45, 2.75) is 25.7 Å². The van der Waals surface area contributed by atoms with Crippen molar-refractivity contribution in [3.8, 4) is 0 Å². The highest BCUT2D eigenvalue weighted by Crippen LogP contribution is 2.35. The van der Waals surface area contributed by atoms with Gasteiger partial charge in [-0.3, -0.25) is 29.0 Å². The van der Waals surface area contributed by atoms with Gasteiger partial charge in [-0.05, 0) is 37.8 Å². The Bertz CT molecular complexity index is 768. The second-order valence-electron chi connectivity index (χ2n) is 7.00. The van der Waals surface area contributed by atoms with Crippen molar-refractivity contribution in [1.82, 2.24) is 9.80 Å². The normalized spacial score (nSPS) is 24.5. The number of rotatable bonds is 5. The van der Waals surface area contributed by atoms with E-state index >= 15 is 0 Å². The van der Waals surface area contributed by atoms with Crippen LogP contribution in [0.2, 0.25) is 0 Å². The van der Waals surface area contributed by atoms with Crippen molar-refractivity contribution in [2.24, 2.45) is 11.8 Å². The molecule has 0 spiro atoms. The number of fused-ring (bicyclic) bond motifs is 2. The molecule has 6 nitrogen and oxygen atoms in total. The molecule has 0 aromatic heterocycles. The van der Waals surface area contributed by atoms with E-state index in [1.165, 1.54) is 9.80 Å². The molecular formula is C20H20N2O4. The topological polar surface area (TPSA) is 74.8 Å². The van der Waals surface area contributed by atoms with E-state index in [2.05, 4.69) is 0 Å². The molecule has 0 unspecified atom stereocenters. The van der Waals surface area contributed by atoms with E-state index in [1.54, 1.807) is 24.3 Å². The van der Waals surface area contributed by atoms with Crippen LogP contribution in [0, 0.1) is 11.8 Å². The minimum Gasteiger partial charge on any atom is -0.282 e. The maximum Gasteiger partial charge on any atom is 0.261 e. The highest BCUT2D eigenvalue weighted by molar-refractivity contribution is 6.21. The van der Waals surface area contributed by atoms with Crippen LogP contribution in [0.5, 0.6) is 0 Å². The second kappa shape index (κ2) is 6.52. The number of hydrogen-bond acceptors (Lipinski definition) is 4. The van der Waals surface area contributed by atoms with Crippen LogP contribution in [0.15, 0.2) is 36.4 Å². The van der Waals surface area contributed by atoms with Gasteiger partial charge in [-0.15, -0.1) is 0 Å². The quantitative estimate of drug-likeness (QED) is 0.462. The molecule has 3 aliphatic rings. The molecule has 2 aliphatic heterocycles. The van der Waals surface area contributed by atoms with Crippen molar-refractivity contribution in [2.75, 3.05) is 13.1 Å². The highest BCUT2D eigenvalue weighted by atomic mass is 16.2. The second-order valence-corrected chi connectivity index (χ2v) is 7.00. The molecule has 2 heterocycles. The Hall–Kier alpha value is -2.76. The largest absolute Gasteiger partial charge is 0.282 e. The first-order valence-electron chi connectivity index (χ1n) is 9.05. The van der Waals surface area contributed by atoms with Gasteiger partial charge in [0.25, 0.3) is 11.8 Å². The first-order valence-corrected chi connectivity index (χ1v) is 9.05. The fourth-order valence-corrected chi connectivity index (χ4v) is 4.07. The Morgan fingerprint density at radius 2 is 1.19 bits per heavy atom. The molecule has 134 valence electrons. The fourth-order valence-electron chi connectivity index (χ4n) is 4.07. The predicted octanol–water partition coefficient (Wildman–Crippen LogP) is 2.01. The zero-order valence-electron chi connectivity index (χ0n) is 14.4. The van der Waals surface area contributed by atoms with Crippen molar-refractivity contribution < 1.29 is 19.2 Å². The van der Waals surface area contributed by atoms with Crippen LogP contribution in [-0.4, -0.2) is 46.5 Å². The maximum absolute atomic E-state index is 12.4. The first kappa shape index (κ1) is 16.7. The molecule has 1 aromatic carbocycles. The van der Waals surface area contributed by atoms with Gasteiger partial charge < -0.3 is 0 Å². The van der Waals surface area contributed by atoms with E-state index in [-0.39, 0.29) is 35.5 Å². The maximum atomic E-state index is 12.4. The molecule has 1 aliphatic carbocycles. The van der Waals surface area contributed by atoms with Gasteiger partial charge >= 0.3 is 0 Å². The number of nitrogens with zero attached hydrogens (tertiary/aromatic N) is 2. The third kappa shape index (κ3) is 2.57. The van der Waals surface area contributed by atoms with E-state index in [9.17, 15) is 19.2 Å². The van der Waals surface area contributed by atoms with Crippen LogP contribution in [-0.2, 0) is 9.59 Å². The van der Waals surface area contributed by atoms with Gasteiger partial charge in [-0.2, -0.15) is 0 Å². The van der Waals surface area contributed by atoms with Crippen molar-refractivity contribution in [3.63, 3.8) is 0 Å². The Labute approximate surface area is 151 Å². The van der Waals surface area contributed by atoms with Gasteiger partial charge in [-0.25, -0.2) is 0 Å². The lowest BCUT2D eigenvalue weighted by atomic mass is 9.85. The van der Waals surface area contributed by atoms with Crippen molar-refractivity contribution in [1.29, 1.82) is 0 Å². The highest BCUT2D eigenvalue weighted by Gasteiger charge is 2.46. The average molecular weight is 352 g/mol. The summed E-state index contributed by atoms with van der Waals surface area (Å²) in [7, 11) is 0. The monoisotopic (exact) mass is 352 g/mol. The summed E-state index contributed by atoms with van der Waals surface area (Å²) in [6, 6.07) is 6.80. The molecule has 0 N–H and O–H groups in total. The molecule has 26 heavy (non-hydrogen) atoms. The summed E-state index contributed by atoms with van der Waals surface area (Å²) >= 11 is 0. The third-order valence-corrected chi connectivity index (χ3v) is 5.49. The smallest absolute Gasteiger partial charge is 0.261 e. The fraction of sp³-hybridized carbons (Fsp3) is 0.400. The molecule has 0 bridgehead atoms. The van der Waals surface area contributed by atoms with E-state index in [4.69, 9.17) is 0 Å². The predicted molar refractivity (Wildman–Crippen MR) is 93.1 cm³/mol. The molecule has 1 aromatic rings. The molecular weight excluding hydrogens is 332 g/mol. The summed E-state index contributed by atoms with van der Waals surface area (Å²) in [6.45, 7) is 0.658. The number of allylic oxidation sites excluding steroid dienone is 2. The third-order valence-electron chi connectivity index (χ3n) is 5.49. The first-order chi connectivity index (χ1) is 12.6. The number of amides is 4. The summed E-state index contributed by atoms with van der Waals surface area (Å²) < 4.78 is 0. The lowest BCUT2D eigenvalue weighted by molar-refractivity contribution is -0.139. The van der Waals surface area contributed by atoms with Gasteiger partial charge in [-0.1, -0.05) is 24.3 Å². The van der Waals surface area contributed by atoms with Crippen LogP contribution < -0.4 is 0 Å². The lowest BCUT2D eigenvalue weighted by Crippen LogP contribution is -2.34. The summed E-state index contributed by atoms with van der Waals surface area (Å²) in [5.74, 6) is -1.10. The van der Waals surface area contributed by atoms with Crippen molar-refractivity contribution >= 4 is 23.6 Å². The number of imide groups is 2. The number of carbonyl (C=O) groups excluding carboxylic acids is 4. The van der Waals surface area contributed by atoms with Crippen LogP contribution in [0.1, 0.15) is 46.4 Å². The summed E-state index contributed by atoms with van der Waals surface area (Å²) in [6.07, 6.45) is 6.37. The molecule has 0 radical (unpaired) electrons. The zero-order chi connectivity index (χ0) is 18.3. The Balaban J connectivity index is 1.31. The molecule has 0 saturated carbocycles. The molecule has 6 heteroatoms. The van der Waals surface area contributed by atoms with Gasteiger partial charge in [0.15, 0.2) is 0 Å². The van der Waals surface area contributed by atoms with Crippen molar-refractivity contribution in [3.05, 3.63) is 47.5 Å². The molecule has 4 amide bonds. The SMILES string of the molecule is O=C1c2ccccc2C(=O)N1CCCCN1C(=O)[C@H]2CC=CC[C@@H]2C1=O. The van der Waals surface area contributed by atoms with Gasteiger partial charge in [0.1, 0.15) is 0 Å². The van der Waals surface area contributed by atoms with E-state index in [1.807, 2.05) is 12.2 Å². The standard InChI is InChI=1S/C20H20N2O4/c23-17-13-7-1-2-8-14(13)18(24)21(17)11-5-6-12-22-19(25)15-9-3-4-10-16(15)20(22)26/h1-4,7-8,15-16H,5-6,9-12H2/t15-,16-/m0/s1. The number of benzene rings is 1. The van der Waals surface area contributed by atoms with Crippen LogP contribution in [0.25, 0.3) is 0 Å². The van der Waals surface area contributed by atoms with Crippen LogP contribution in [0.3, 0.4) is 0 Å². The number of carbonyl (C=O) groups is 4. The van der Waals surface area contributed by atoms with E-state index in [0.29, 0.717) is 49.9 Å². The minimum absolute atomic E-state index is 0.0786. The average Bonchev–Trinajstić information content (AvgIpc) is 3.06. The Kier molecular flexibility index (Phi) is 4.18. The summed E-state index contributed by atoms with van der Waals surface area (Å²) in [4.78, 5) is 52.1. The van der Waals surface area contributed by atoms with E-state index in [0.717, 1.165) is 0 Å². The zero-order valence-corrected chi connectivity index (χ0v) is 14.4. The minimum atomic E-state index is -0.268. The molecule has 1 saturated heterocycles. The van der Waals surface area contributed by atoms with Gasteiger partial charge in [0.05, 0.1) is 23.0 Å². The van der Waals surface area contributed by atoms with Gasteiger partial charge in [0.2, 0.25) is 11.8 Å².